The van der Waals surface area contributed by atoms with E-state index in [0.717, 1.165) is 19.5 Å². The molecule has 0 saturated carbocycles. The summed E-state index contributed by atoms with van der Waals surface area (Å²) >= 11 is 0. The van der Waals surface area contributed by atoms with E-state index in [1.165, 1.54) is 12.5 Å². The van der Waals surface area contributed by atoms with Crippen LogP contribution in [-0.2, 0) is 4.79 Å². The summed E-state index contributed by atoms with van der Waals surface area (Å²) in [6.45, 7) is 14.5. The first kappa shape index (κ1) is 13.3. The van der Waals surface area contributed by atoms with Crippen molar-refractivity contribution in [1.29, 1.82) is 0 Å². The van der Waals surface area contributed by atoms with Crippen molar-refractivity contribution in [2.24, 2.45) is 17.3 Å². The maximum absolute atomic E-state index is 11.7. The summed E-state index contributed by atoms with van der Waals surface area (Å²) in [6, 6.07) is 0. The molecule has 1 amide bonds. The molecule has 0 bridgehead atoms. The second-order valence-electron chi connectivity index (χ2n) is 5.61. The van der Waals surface area contributed by atoms with Crippen LogP contribution in [0, 0.1) is 17.3 Å². The number of hydrogen-bond donors (Lipinski definition) is 0. The minimum Gasteiger partial charge on any atom is -0.339 e. The van der Waals surface area contributed by atoms with E-state index >= 15 is 0 Å². The van der Waals surface area contributed by atoms with Crippen LogP contribution in [0.4, 0.5) is 0 Å². The van der Waals surface area contributed by atoms with Crippen molar-refractivity contribution < 1.29 is 4.79 Å². The number of piperidine rings is 1. The van der Waals surface area contributed by atoms with Gasteiger partial charge in [0.25, 0.3) is 0 Å². The Balaban J connectivity index is 2.87. The predicted molar refractivity (Wildman–Crippen MR) is 68.1 cm³/mol. The van der Waals surface area contributed by atoms with Crippen molar-refractivity contribution in [3.05, 3.63) is 12.7 Å². The lowest BCUT2D eigenvalue weighted by molar-refractivity contribution is -0.131. The van der Waals surface area contributed by atoms with Crippen LogP contribution < -0.4 is 0 Å². The second kappa shape index (κ2) is 5.03. The van der Waals surface area contributed by atoms with Gasteiger partial charge in [0.05, 0.1) is 0 Å². The van der Waals surface area contributed by atoms with Gasteiger partial charge in [-0.2, -0.15) is 0 Å². The van der Waals surface area contributed by atoms with E-state index in [2.05, 4.69) is 34.3 Å². The average molecular weight is 223 g/mol. The van der Waals surface area contributed by atoms with E-state index in [1.54, 1.807) is 0 Å². The van der Waals surface area contributed by atoms with Crippen molar-refractivity contribution in [2.75, 3.05) is 13.1 Å². The molecule has 1 fully saturated rings. The molecule has 0 unspecified atom stereocenters. The molecule has 1 saturated heterocycles. The molecule has 0 aromatic rings. The highest BCUT2D eigenvalue weighted by Gasteiger charge is 2.41. The molecule has 0 N–H and O–H groups in total. The maximum atomic E-state index is 11.7. The molecule has 0 aromatic heterocycles. The Morgan fingerprint density at radius 3 is 2.31 bits per heavy atom. The van der Waals surface area contributed by atoms with Crippen LogP contribution in [-0.4, -0.2) is 23.9 Å². The quantitative estimate of drug-likeness (QED) is 0.673. The summed E-state index contributed by atoms with van der Waals surface area (Å²) in [4.78, 5) is 13.7. The highest BCUT2D eigenvalue weighted by atomic mass is 16.2. The zero-order chi connectivity index (χ0) is 12.3. The van der Waals surface area contributed by atoms with Gasteiger partial charge in [-0.1, -0.05) is 34.3 Å². The first-order chi connectivity index (χ1) is 7.44. The fraction of sp³-hybridized carbons (Fsp3) is 0.786. The van der Waals surface area contributed by atoms with Gasteiger partial charge in [-0.05, 0) is 36.2 Å². The lowest BCUT2D eigenvalue weighted by Crippen LogP contribution is -2.50. The number of rotatable bonds is 3. The maximum Gasteiger partial charge on any atom is 0.245 e. The van der Waals surface area contributed by atoms with Crippen molar-refractivity contribution in [1.82, 2.24) is 4.90 Å². The Hall–Kier alpha value is -0.790. The predicted octanol–water partition coefficient (Wildman–Crippen LogP) is 3.09. The normalized spacial score (nSPS) is 20.2. The van der Waals surface area contributed by atoms with Crippen molar-refractivity contribution in [2.45, 2.75) is 40.5 Å². The number of hydrogen-bond acceptors (Lipinski definition) is 1. The van der Waals surface area contributed by atoms with Crippen molar-refractivity contribution >= 4 is 5.91 Å². The molecule has 1 aliphatic rings. The summed E-state index contributed by atoms with van der Waals surface area (Å²) in [7, 11) is 0. The Morgan fingerprint density at radius 2 is 1.88 bits per heavy atom. The first-order valence-electron chi connectivity index (χ1n) is 6.35. The van der Waals surface area contributed by atoms with Crippen LogP contribution in [0.2, 0.25) is 0 Å². The standard InChI is InChI=1S/C14H25NO/c1-6-13(16)15-9-7-8-14(10-15,11(2)3)12(4)5/h6,11-12H,1,7-10H2,2-5H3. The molecule has 16 heavy (non-hydrogen) atoms. The molecule has 92 valence electrons. The van der Waals surface area contributed by atoms with Crippen LogP contribution in [0.3, 0.4) is 0 Å². The van der Waals surface area contributed by atoms with Gasteiger partial charge in [0.1, 0.15) is 0 Å². The molecule has 0 atom stereocenters. The lowest BCUT2D eigenvalue weighted by Gasteiger charge is -2.48. The molecule has 1 aliphatic heterocycles. The monoisotopic (exact) mass is 223 g/mol. The molecule has 1 heterocycles. The lowest BCUT2D eigenvalue weighted by atomic mass is 9.64. The molecule has 1 rings (SSSR count). The van der Waals surface area contributed by atoms with E-state index in [-0.39, 0.29) is 11.3 Å². The van der Waals surface area contributed by atoms with Gasteiger partial charge < -0.3 is 4.90 Å². The van der Waals surface area contributed by atoms with Crippen molar-refractivity contribution in [3.8, 4) is 0 Å². The Bertz CT molecular complexity index is 260. The minimum absolute atomic E-state index is 0.0883. The number of likely N-dealkylation sites (tertiary alicyclic amines) is 1. The molecule has 2 heteroatoms. The number of nitrogens with zero attached hydrogens (tertiary/aromatic N) is 1. The third kappa shape index (κ3) is 2.31. The summed E-state index contributed by atoms with van der Waals surface area (Å²) in [5.41, 5.74) is 0.289. The average Bonchev–Trinajstić information content (AvgIpc) is 2.27. The SMILES string of the molecule is C=CC(=O)N1CCCC(C(C)C)(C(C)C)C1. The Morgan fingerprint density at radius 1 is 1.31 bits per heavy atom. The molecule has 0 aromatic carbocycles. The highest BCUT2D eigenvalue weighted by molar-refractivity contribution is 5.87. The van der Waals surface area contributed by atoms with Gasteiger partial charge >= 0.3 is 0 Å². The minimum atomic E-state index is 0.0883. The fourth-order valence-electron chi connectivity index (χ4n) is 3.04. The smallest absolute Gasteiger partial charge is 0.245 e. The molecule has 0 spiro atoms. The third-order valence-electron chi connectivity index (χ3n) is 4.34. The summed E-state index contributed by atoms with van der Waals surface area (Å²) in [5.74, 6) is 1.33. The van der Waals surface area contributed by atoms with Crippen LogP contribution in [0.15, 0.2) is 12.7 Å². The van der Waals surface area contributed by atoms with Gasteiger partial charge in [-0.25, -0.2) is 0 Å². The van der Waals surface area contributed by atoms with Crippen LogP contribution >= 0.6 is 0 Å². The second-order valence-corrected chi connectivity index (χ2v) is 5.61. The number of carbonyl (C=O) groups excluding carboxylic acids is 1. The zero-order valence-electron chi connectivity index (χ0n) is 11.1. The fourth-order valence-corrected chi connectivity index (χ4v) is 3.04. The Kier molecular flexibility index (Phi) is 4.17. The van der Waals surface area contributed by atoms with Crippen molar-refractivity contribution in [3.63, 3.8) is 0 Å². The third-order valence-corrected chi connectivity index (χ3v) is 4.34. The Labute approximate surface area is 99.7 Å². The molecule has 0 aliphatic carbocycles. The van der Waals surface area contributed by atoms with Crippen LogP contribution in [0.1, 0.15) is 40.5 Å². The van der Waals surface area contributed by atoms with Gasteiger partial charge in [0, 0.05) is 13.1 Å². The summed E-state index contributed by atoms with van der Waals surface area (Å²) < 4.78 is 0. The number of amides is 1. The van der Waals surface area contributed by atoms with E-state index in [4.69, 9.17) is 0 Å². The van der Waals surface area contributed by atoms with Gasteiger partial charge in [-0.3, -0.25) is 4.79 Å². The van der Waals surface area contributed by atoms with Gasteiger partial charge in [-0.15, -0.1) is 0 Å². The molecular formula is C14H25NO. The number of carbonyl (C=O) groups is 1. The van der Waals surface area contributed by atoms with E-state index < -0.39 is 0 Å². The van der Waals surface area contributed by atoms with Crippen LogP contribution in [0.5, 0.6) is 0 Å². The highest BCUT2D eigenvalue weighted by Crippen LogP contribution is 2.43. The van der Waals surface area contributed by atoms with E-state index in [1.807, 2.05) is 4.90 Å². The summed E-state index contributed by atoms with van der Waals surface area (Å²) in [5, 5.41) is 0. The van der Waals surface area contributed by atoms with Crippen LogP contribution in [0.25, 0.3) is 0 Å². The topological polar surface area (TPSA) is 20.3 Å². The van der Waals surface area contributed by atoms with Gasteiger partial charge in [0.2, 0.25) is 5.91 Å². The zero-order valence-corrected chi connectivity index (χ0v) is 11.1. The molecule has 0 radical (unpaired) electrons. The first-order valence-corrected chi connectivity index (χ1v) is 6.35. The van der Waals surface area contributed by atoms with E-state index in [0.29, 0.717) is 11.8 Å². The molecule has 2 nitrogen and oxygen atoms in total. The van der Waals surface area contributed by atoms with E-state index in [9.17, 15) is 4.79 Å². The molecular weight excluding hydrogens is 198 g/mol. The summed E-state index contributed by atoms with van der Waals surface area (Å²) in [6.07, 6.45) is 3.80. The van der Waals surface area contributed by atoms with Gasteiger partial charge in [0.15, 0.2) is 0 Å². The largest absolute Gasteiger partial charge is 0.339 e.